The smallest absolute Gasteiger partial charge is 0.276 e. The molecule has 0 saturated carbocycles. The van der Waals surface area contributed by atoms with Crippen LogP contribution in [0.1, 0.15) is 27.8 Å². The number of carbonyl (C=O) groups excluding carboxylic acids is 1. The predicted octanol–water partition coefficient (Wildman–Crippen LogP) is 4.33. The van der Waals surface area contributed by atoms with Gasteiger partial charge in [-0.2, -0.15) is 0 Å². The van der Waals surface area contributed by atoms with Crippen molar-refractivity contribution >= 4 is 17.4 Å². The Balaban J connectivity index is 1.52. The van der Waals surface area contributed by atoms with E-state index in [-0.39, 0.29) is 17.6 Å². The number of amides is 1. The molecule has 0 bridgehead atoms. The molecule has 0 spiro atoms. The van der Waals surface area contributed by atoms with Crippen LogP contribution in [-0.4, -0.2) is 21.1 Å². The zero-order chi connectivity index (χ0) is 19.9. The lowest BCUT2D eigenvalue weighted by atomic mass is 10.0. The minimum absolute atomic E-state index is 0.185. The van der Waals surface area contributed by atoms with E-state index in [2.05, 4.69) is 25.8 Å². The number of nitrogens with zero attached hydrogens (tertiary/aromatic N) is 3. The predicted molar refractivity (Wildman–Crippen MR) is 113 cm³/mol. The van der Waals surface area contributed by atoms with Gasteiger partial charge < -0.3 is 10.6 Å². The van der Waals surface area contributed by atoms with Gasteiger partial charge in [0.2, 0.25) is 0 Å². The summed E-state index contributed by atoms with van der Waals surface area (Å²) in [5.41, 5.74) is 2.87. The minimum Gasteiger partial charge on any atom is -0.356 e. The van der Waals surface area contributed by atoms with Gasteiger partial charge in [-0.1, -0.05) is 54.6 Å². The minimum atomic E-state index is -0.306. The number of carbonyl (C=O) groups is 1. The molecule has 0 aliphatic rings. The first-order valence-corrected chi connectivity index (χ1v) is 9.22. The van der Waals surface area contributed by atoms with E-state index in [1.165, 1.54) is 0 Å². The number of benzene rings is 2. The van der Waals surface area contributed by atoms with Crippen LogP contribution in [0.25, 0.3) is 0 Å². The van der Waals surface area contributed by atoms with Gasteiger partial charge in [-0.3, -0.25) is 9.78 Å². The summed E-state index contributed by atoms with van der Waals surface area (Å²) in [6.45, 7) is 0. The lowest BCUT2D eigenvalue weighted by Crippen LogP contribution is -2.17. The largest absolute Gasteiger partial charge is 0.356 e. The SMILES string of the molecule is O=C(Nc1ccccc1)c1ccc(NC(c2ccccc2)c2ccccn2)nn1. The zero-order valence-corrected chi connectivity index (χ0v) is 15.6. The Morgan fingerprint density at radius 2 is 1.48 bits per heavy atom. The quantitative estimate of drug-likeness (QED) is 0.520. The van der Waals surface area contributed by atoms with Crippen molar-refractivity contribution in [2.24, 2.45) is 0 Å². The van der Waals surface area contributed by atoms with E-state index < -0.39 is 0 Å². The van der Waals surface area contributed by atoms with E-state index in [0.29, 0.717) is 11.5 Å². The molecule has 0 fully saturated rings. The topological polar surface area (TPSA) is 79.8 Å². The van der Waals surface area contributed by atoms with Gasteiger partial charge in [0, 0.05) is 11.9 Å². The van der Waals surface area contributed by atoms with Crippen molar-refractivity contribution in [3.63, 3.8) is 0 Å². The highest BCUT2D eigenvalue weighted by Gasteiger charge is 2.16. The van der Waals surface area contributed by atoms with Gasteiger partial charge in [0.15, 0.2) is 5.69 Å². The van der Waals surface area contributed by atoms with E-state index in [0.717, 1.165) is 11.3 Å². The number of rotatable bonds is 6. The Labute approximate surface area is 168 Å². The second kappa shape index (κ2) is 8.75. The number of hydrogen-bond acceptors (Lipinski definition) is 5. The van der Waals surface area contributed by atoms with E-state index in [4.69, 9.17) is 0 Å². The number of anilines is 2. The summed E-state index contributed by atoms with van der Waals surface area (Å²) in [6.07, 6.45) is 1.76. The molecule has 4 rings (SSSR count). The molecule has 1 amide bonds. The van der Waals surface area contributed by atoms with E-state index >= 15 is 0 Å². The number of hydrogen-bond donors (Lipinski definition) is 2. The van der Waals surface area contributed by atoms with Crippen LogP contribution in [0.4, 0.5) is 11.5 Å². The number of aromatic nitrogens is 3. The maximum Gasteiger partial charge on any atom is 0.276 e. The Hall–Kier alpha value is -4.06. The molecular weight excluding hydrogens is 362 g/mol. The first-order valence-electron chi connectivity index (χ1n) is 9.22. The molecule has 6 nitrogen and oxygen atoms in total. The molecule has 0 aliphatic heterocycles. The molecule has 6 heteroatoms. The van der Waals surface area contributed by atoms with E-state index in [1.54, 1.807) is 18.3 Å². The Morgan fingerprint density at radius 3 is 2.14 bits per heavy atom. The second-order valence-corrected chi connectivity index (χ2v) is 6.37. The molecule has 4 aromatic rings. The van der Waals surface area contributed by atoms with Crippen LogP contribution >= 0.6 is 0 Å². The average Bonchev–Trinajstić information content (AvgIpc) is 2.80. The second-order valence-electron chi connectivity index (χ2n) is 6.37. The van der Waals surface area contributed by atoms with Crippen molar-refractivity contribution in [1.29, 1.82) is 0 Å². The van der Waals surface area contributed by atoms with Crippen LogP contribution in [0.5, 0.6) is 0 Å². The molecule has 142 valence electrons. The highest BCUT2D eigenvalue weighted by atomic mass is 16.1. The normalized spacial score (nSPS) is 11.4. The lowest BCUT2D eigenvalue weighted by molar-refractivity contribution is 0.102. The molecule has 0 saturated heterocycles. The fraction of sp³-hybridized carbons (Fsp3) is 0.0435. The third kappa shape index (κ3) is 4.62. The van der Waals surface area contributed by atoms with Gasteiger partial charge in [-0.05, 0) is 42.0 Å². The summed E-state index contributed by atoms with van der Waals surface area (Å²) < 4.78 is 0. The van der Waals surface area contributed by atoms with Crippen molar-refractivity contribution < 1.29 is 4.79 Å². The molecule has 29 heavy (non-hydrogen) atoms. The summed E-state index contributed by atoms with van der Waals surface area (Å²) in [4.78, 5) is 16.8. The zero-order valence-electron chi connectivity index (χ0n) is 15.6. The van der Waals surface area contributed by atoms with Gasteiger partial charge in [0.1, 0.15) is 5.82 Å². The average molecular weight is 381 g/mol. The van der Waals surface area contributed by atoms with Crippen molar-refractivity contribution in [1.82, 2.24) is 15.2 Å². The first-order chi connectivity index (χ1) is 14.3. The van der Waals surface area contributed by atoms with Crippen LogP contribution in [0.3, 0.4) is 0 Å². The molecule has 0 aliphatic carbocycles. The summed E-state index contributed by atoms with van der Waals surface area (Å²) in [5, 5.41) is 14.4. The number of nitrogens with one attached hydrogen (secondary N) is 2. The fourth-order valence-electron chi connectivity index (χ4n) is 2.92. The Morgan fingerprint density at radius 1 is 0.759 bits per heavy atom. The van der Waals surface area contributed by atoms with Gasteiger partial charge >= 0.3 is 0 Å². The van der Waals surface area contributed by atoms with Crippen LogP contribution in [-0.2, 0) is 0 Å². The third-order valence-electron chi connectivity index (χ3n) is 4.34. The molecule has 2 aromatic heterocycles. The van der Waals surface area contributed by atoms with Gasteiger partial charge in [0.25, 0.3) is 5.91 Å². The van der Waals surface area contributed by atoms with Crippen LogP contribution in [0.2, 0.25) is 0 Å². The summed E-state index contributed by atoms with van der Waals surface area (Å²) in [6, 6.07) is 28.2. The Kier molecular flexibility index (Phi) is 5.53. The van der Waals surface area contributed by atoms with Crippen molar-refractivity contribution in [2.75, 3.05) is 10.6 Å². The lowest BCUT2D eigenvalue weighted by Gasteiger charge is -2.19. The van der Waals surface area contributed by atoms with Crippen LogP contribution < -0.4 is 10.6 Å². The molecule has 2 aromatic carbocycles. The maximum atomic E-state index is 12.3. The molecule has 1 unspecified atom stereocenters. The highest BCUT2D eigenvalue weighted by molar-refractivity contribution is 6.02. The molecule has 0 radical (unpaired) electrons. The van der Waals surface area contributed by atoms with Crippen molar-refractivity contribution in [3.05, 3.63) is 114 Å². The van der Waals surface area contributed by atoms with Gasteiger partial charge in [-0.15, -0.1) is 10.2 Å². The van der Waals surface area contributed by atoms with E-state index in [1.807, 2.05) is 78.9 Å². The Bertz CT molecular complexity index is 1020. The number of pyridine rings is 1. The summed E-state index contributed by atoms with van der Waals surface area (Å²) in [7, 11) is 0. The third-order valence-corrected chi connectivity index (χ3v) is 4.34. The van der Waals surface area contributed by atoms with Gasteiger partial charge in [-0.25, -0.2) is 0 Å². The van der Waals surface area contributed by atoms with Crippen molar-refractivity contribution in [3.8, 4) is 0 Å². The fourth-order valence-corrected chi connectivity index (χ4v) is 2.92. The van der Waals surface area contributed by atoms with Crippen LogP contribution in [0, 0.1) is 0 Å². The first kappa shape index (κ1) is 18.3. The number of para-hydroxylation sites is 1. The molecule has 2 heterocycles. The maximum absolute atomic E-state index is 12.3. The summed E-state index contributed by atoms with van der Waals surface area (Å²) >= 11 is 0. The highest BCUT2D eigenvalue weighted by Crippen LogP contribution is 2.24. The molecule has 2 N–H and O–H groups in total. The van der Waals surface area contributed by atoms with Gasteiger partial charge in [0.05, 0.1) is 11.7 Å². The van der Waals surface area contributed by atoms with Crippen molar-refractivity contribution in [2.45, 2.75) is 6.04 Å². The van der Waals surface area contributed by atoms with Crippen LogP contribution in [0.15, 0.2) is 97.2 Å². The monoisotopic (exact) mass is 381 g/mol. The molecule has 1 atom stereocenters. The van der Waals surface area contributed by atoms with E-state index in [9.17, 15) is 4.79 Å². The summed E-state index contributed by atoms with van der Waals surface area (Å²) in [5.74, 6) is 0.250. The standard InChI is InChI=1S/C23H19N5O/c29-23(25-18-11-5-2-6-12-18)20-14-15-21(28-27-20)26-22(17-9-3-1-4-10-17)19-13-7-8-16-24-19/h1-16,22H,(H,25,29)(H,26,28). The molecular formula is C23H19N5O.